The highest BCUT2D eigenvalue weighted by Crippen LogP contribution is 2.13. The largest absolute Gasteiger partial charge is 0.478 e. The third kappa shape index (κ3) is 4.74. The van der Waals surface area contributed by atoms with Crippen LogP contribution in [0.5, 0.6) is 0 Å². The molecule has 114 valence electrons. The fourth-order valence-electron chi connectivity index (χ4n) is 1.99. The normalized spacial score (nSPS) is 11.8. The Morgan fingerprint density at radius 3 is 2.14 bits per heavy atom. The SMILES string of the molecule is CCCN(Cc1ccc(C)cc1)C(=O)C(C)=C(C)C(=O)O. The molecule has 0 saturated heterocycles. The van der Waals surface area contributed by atoms with Gasteiger partial charge < -0.3 is 10.0 Å². The maximum atomic E-state index is 12.5. The number of carbonyl (C=O) groups excluding carboxylic acids is 1. The smallest absolute Gasteiger partial charge is 0.331 e. The van der Waals surface area contributed by atoms with E-state index in [1.165, 1.54) is 12.5 Å². The van der Waals surface area contributed by atoms with E-state index in [-0.39, 0.29) is 11.5 Å². The van der Waals surface area contributed by atoms with Crippen LogP contribution in [-0.2, 0) is 16.1 Å². The van der Waals surface area contributed by atoms with Gasteiger partial charge in [-0.15, -0.1) is 0 Å². The first-order valence-electron chi connectivity index (χ1n) is 7.12. The first-order valence-corrected chi connectivity index (χ1v) is 7.12. The Balaban J connectivity index is 2.96. The number of rotatable bonds is 6. The highest BCUT2D eigenvalue weighted by molar-refractivity contribution is 6.01. The lowest BCUT2D eigenvalue weighted by Crippen LogP contribution is -2.32. The predicted molar refractivity (Wildman–Crippen MR) is 82.9 cm³/mol. The van der Waals surface area contributed by atoms with Gasteiger partial charge in [0.1, 0.15) is 0 Å². The van der Waals surface area contributed by atoms with E-state index in [9.17, 15) is 9.59 Å². The van der Waals surface area contributed by atoms with Crippen LogP contribution in [0, 0.1) is 6.92 Å². The Morgan fingerprint density at radius 1 is 1.10 bits per heavy atom. The van der Waals surface area contributed by atoms with Crippen molar-refractivity contribution in [1.82, 2.24) is 4.90 Å². The number of amides is 1. The van der Waals surface area contributed by atoms with Gasteiger partial charge in [-0.1, -0.05) is 36.8 Å². The molecule has 0 bridgehead atoms. The second-order valence-corrected chi connectivity index (χ2v) is 5.27. The Bertz CT molecular complexity index is 544. The van der Waals surface area contributed by atoms with E-state index in [1.54, 1.807) is 11.8 Å². The second-order valence-electron chi connectivity index (χ2n) is 5.27. The number of aliphatic carboxylic acids is 1. The fraction of sp³-hybridized carbons (Fsp3) is 0.412. The van der Waals surface area contributed by atoms with Gasteiger partial charge >= 0.3 is 5.97 Å². The zero-order chi connectivity index (χ0) is 16.0. The summed E-state index contributed by atoms with van der Waals surface area (Å²) in [6.07, 6.45) is 0.830. The summed E-state index contributed by atoms with van der Waals surface area (Å²) < 4.78 is 0. The van der Waals surface area contributed by atoms with Crippen molar-refractivity contribution in [2.75, 3.05) is 6.54 Å². The third-order valence-corrected chi connectivity index (χ3v) is 3.48. The van der Waals surface area contributed by atoms with Gasteiger partial charge in [0, 0.05) is 24.2 Å². The highest BCUT2D eigenvalue weighted by Gasteiger charge is 2.19. The van der Waals surface area contributed by atoms with E-state index >= 15 is 0 Å². The lowest BCUT2D eigenvalue weighted by Gasteiger charge is -2.23. The number of carbonyl (C=O) groups is 2. The fourth-order valence-corrected chi connectivity index (χ4v) is 1.99. The molecule has 0 fully saturated rings. The Morgan fingerprint density at radius 2 is 1.67 bits per heavy atom. The van der Waals surface area contributed by atoms with Crippen molar-refractivity contribution in [2.24, 2.45) is 0 Å². The van der Waals surface area contributed by atoms with Gasteiger partial charge in [-0.25, -0.2) is 4.79 Å². The Kier molecular flexibility index (Phi) is 6.15. The second kappa shape index (κ2) is 7.62. The van der Waals surface area contributed by atoms with Crippen LogP contribution in [0.2, 0.25) is 0 Å². The van der Waals surface area contributed by atoms with E-state index in [0.29, 0.717) is 18.7 Å². The van der Waals surface area contributed by atoms with Crippen LogP contribution in [0.25, 0.3) is 0 Å². The van der Waals surface area contributed by atoms with Crippen LogP contribution in [0.1, 0.15) is 38.3 Å². The quantitative estimate of drug-likeness (QED) is 0.818. The number of carboxylic acid groups (broad SMARTS) is 1. The Labute approximate surface area is 126 Å². The molecule has 1 aromatic carbocycles. The van der Waals surface area contributed by atoms with Crippen LogP contribution in [0.4, 0.5) is 0 Å². The molecule has 21 heavy (non-hydrogen) atoms. The highest BCUT2D eigenvalue weighted by atomic mass is 16.4. The maximum Gasteiger partial charge on any atom is 0.331 e. The zero-order valence-corrected chi connectivity index (χ0v) is 13.1. The van der Waals surface area contributed by atoms with Crippen molar-refractivity contribution >= 4 is 11.9 Å². The number of hydrogen-bond donors (Lipinski definition) is 1. The van der Waals surface area contributed by atoms with E-state index < -0.39 is 5.97 Å². The summed E-state index contributed by atoms with van der Waals surface area (Å²) >= 11 is 0. The number of nitrogens with zero attached hydrogens (tertiary/aromatic N) is 1. The minimum atomic E-state index is -1.05. The van der Waals surface area contributed by atoms with Gasteiger partial charge in [0.05, 0.1) is 0 Å². The summed E-state index contributed by atoms with van der Waals surface area (Å²) in [5, 5.41) is 9.00. The molecule has 0 radical (unpaired) electrons. The molecule has 0 atom stereocenters. The molecule has 0 aliphatic carbocycles. The lowest BCUT2D eigenvalue weighted by atomic mass is 10.1. The lowest BCUT2D eigenvalue weighted by molar-refractivity contribution is -0.134. The first kappa shape index (κ1) is 17.0. The van der Waals surface area contributed by atoms with Gasteiger partial charge in [0.2, 0.25) is 5.91 Å². The molecule has 1 aromatic rings. The standard InChI is InChI=1S/C17H23NO3/c1-5-10-18(11-15-8-6-12(2)7-9-15)16(19)13(3)14(4)17(20)21/h6-9H,5,10-11H2,1-4H3,(H,20,21). The van der Waals surface area contributed by atoms with Crippen molar-refractivity contribution in [3.63, 3.8) is 0 Å². The summed E-state index contributed by atoms with van der Waals surface area (Å²) in [6, 6.07) is 8.01. The van der Waals surface area contributed by atoms with Crippen molar-refractivity contribution < 1.29 is 14.7 Å². The number of carboxylic acids is 1. The average molecular weight is 289 g/mol. The van der Waals surface area contributed by atoms with Crippen LogP contribution in [-0.4, -0.2) is 28.4 Å². The van der Waals surface area contributed by atoms with Gasteiger partial charge in [0.25, 0.3) is 0 Å². The molecule has 0 saturated carbocycles. The molecule has 1 rings (SSSR count). The minimum Gasteiger partial charge on any atom is -0.478 e. The molecule has 0 heterocycles. The van der Waals surface area contributed by atoms with Gasteiger partial charge in [-0.05, 0) is 32.8 Å². The van der Waals surface area contributed by atoms with Crippen molar-refractivity contribution in [3.05, 3.63) is 46.5 Å². The zero-order valence-electron chi connectivity index (χ0n) is 13.1. The molecule has 4 nitrogen and oxygen atoms in total. The van der Waals surface area contributed by atoms with E-state index in [4.69, 9.17) is 5.11 Å². The van der Waals surface area contributed by atoms with E-state index in [1.807, 2.05) is 38.1 Å². The van der Waals surface area contributed by atoms with Gasteiger partial charge in [-0.3, -0.25) is 4.79 Å². The number of hydrogen-bond acceptors (Lipinski definition) is 2. The molecule has 0 unspecified atom stereocenters. The van der Waals surface area contributed by atoms with Crippen molar-refractivity contribution in [3.8, 4) is 0 Å². The van der Waals surface area contributed by atoms with Gasteiger partial charge in [-0.2, -0.15) is 0 Å². The van der Waals surface area contributed by atoms with Crippen LogP contribution in [0.3, 0.4) is 0 Å². The molecular weight excluding hydrogens is 266 g/mol. The summed E-state index contributed by atoms with van der Waals surface area (Å²) in [5.41, 5.74) is 2.61. The predicted octanol–water partition coefficient (Wildman–Crippen LogP) is 3.15. The molecule has 1 amide bonds. The monoisotopic (exact) mass is 289 g/mol. The minimum absolute atomic E-state index is 0.102. The molecule has 1 N–H and O–H groups in total. The van der Waals surface area contributed by atoms with Crippen molar-refractivity contribution in [2.45, 2.75) is 40.7 Å². The summed E-state index contributed by atoms with van der Waals surface area (Å²) in [6.45, 7) is 8.16. The number of benzene rings is 1. The van der Waals surface area contributed by atoms with E-state index in [0.717, 1.165) is 12.0 Å². The van der Waals surface area contributed by atoms with Crippen LogP contribution < -0.4 is 0 Å². The molecule has 0 aliphatic heterocycles. The maximum absolute atomic E-state index is 12.5. The van der Waals surface area contributed by atoms with Gasteiger partial charge in [0.15, 0.2) is 0 Å². The Hall–Kier alpha value is -2.10. The molecule has 0 aromatic heterocycles. The summed E-state index contributed by atoms with van der Waals surface area (Å²) in [7, 11) is 0. The molecule has 0 spiro atoms. The number of aryl methyl sites for hydroxylation is 1. The van der Waals surface area contributed by atoms with Crippen LogP contribution >= 0.6 is 0 Å². The molecule has 0 aliphatic rings. The molecular formula is C17H23NO3. The average Bonchev–Trinajstić information content (AvgIpc) is 2.46. The molecule has 4 heteroatoms. The van der Waals surface area contributed by atoms with Crippen molar-refractivity contribution in [1.29, 1.82) is 0 Å². The topological polar surface area (TPSA) is 57.6 Å². The van der Waals surface area contributed by atoms with Crippen LogP contribution in [0.15, 0.2) is 35.4 Å². The first-order chi connectivity index (χ1) is 9.86. The summed E-state index contributed by atoms with van der Waals surface area (Å²) in [4.78, 5) is 25.1. The summed E-state index contributed by atoms with van der Waals surface area (Å²) in [5.74, 6) is -1.26. The van der Waals surface area contributed by atoms with E-state index in [2.05, 4.69) is 0 Å². The third-order valence-electron chi connectivity index (χ3n) is 3.48.